The first-order valence-corrected chi connectivity index (χ1v) is 7.98. The fraction of sp³-hybridized carbons (Fsp3) is 0.235. The fourth-order valence-electron chi connectivity index (χ4n) is 1.93. The van der Waals surface area contributed by atoms with Gasteiger partial charge in [0.25, 0.3) is 0 Å². The molecule has 0 unspecified atom stereocenters. The van der Waals surface area contributed by atoms with Crippen LogP contribution in [0.15, 0.2) is 53.4 Å². The van der Waals surface area contributed by atoms with E-state index in [1.165, 1.54) is 24.3 Å². The Kier molecular flexibility index (Phi) is 5.81. The van der Waals surface area contributed by atoms with Crippen molar-refractivity contribution in [1.29, 1.82) is 0 Å². The number of halogens is 1. The summed E-state index contributed by atoms with van der Waals surface area (Å²) in [5.41, 5.74) is 0.543. The maximum atomic E-state index is 12.8. The summed E-state index contributed by atoms with van der Waals surface area (Å²) in [6.45, 7) is 0.491. The Hall–Kier alpha value is -1.81. The Bertz CT molecular complexity index is 596. The molecule has 2 aromatic rings. The Morgan fingerprint density at radius 2 is 1.86 bits per heavy atom. The highest BCUT2D eigenvalue weighted by Crippen LogP contribution is 2.26. The van der Waals surface area contributed by atoms with Crippen molar-refractivity contribution < 1.29 is 13.9 Å². The molecule has 0 fully saturated rings. The van der Waals surface area contributed by atoms with Crippen molar-refractivity contribution in [2.24, 2.45) is 0 Å². The normalized spacial score (nSPS) is 10.4. The molecule has 2 rings (SSSR count). The van der Waals surface area contributed by atoms with E-state index >= 15 is 0 Å². The fourth-order valence-corrected chi connectivity index (χ4v) is 2.48. The summed E-state index contributed by atoms with van der Waals surface area (Å²) >= 11 is 1.63. The van der Waals surface area contributed by atoms with E-state index < -0.39 is 0 Å². The van der Waals surface area contributed by atoms with Crippen LogP contribution in [0.5, 0.6) is 5.75 Å². The van der Waals surface area contributed by atoms with E-state index in [1.54, 1.807) is 11.8 Å². The number of carbonyl (C=O) groups is 1. The lowest BCUT2D eigenvalue weighted by Gasteiger charge is -2.09. The first kappa shape index (κ1) is 15.6. The largest absolute Gasteiger partial charge is 0.492 e. The summed E-state index contributed by atoms with van der Waals surface area (Å²) in [7, 11) is 0. The Morgan fingerprint density at radius 3 is 2.57 bits per heavy atom. The molecule has 0 saturated carbocycles. The second-order valence-corrected chi connectivity index (χ2v) is 5.38. The molecule has 0 radical (unpaired) electrons. The molecular weight excluding hydrogens is 287 g/mol. The van der Waals surface area contributed by atoms with E-state index in [1.807, 2.05) is 30.5 Å². The zero-order valence-corrected chi connectivity index (χ0v) is 12.7. The van der Waals surface area contributed by atoms with Gasteiger partial charge in [-0.05, 0) is 49.1 Å². The number of hydrogen-bond acceptors (Lipinski definition) is 3. The van der Waals surface area contributed by atoms with E-state index in [-0.39, 0.29) is 11.6 Å². The number of para-hydroxylation sites is 1. The number of carbonyl (C=O) groups excluding carboxylic acids is 1. The SMILES string of the molecule is CSc1ccccc1OCCCC(=O)c1ccc(F)cc1. The summed E-state index contributed by atoms with van der Waals surface area (Å²) in [5, 5.41) is 0. The van der Waals surface area contributed by atoms with Crippen LogP contribution < -0.4 is 4.74 Å². The van der Waals surface area contributed by atoms with Crippen molar-refractivity contribution >= 4 is 17.5 Å². The minimum atomic E-state index is -0.330. The topological polar surface area (TPSA) is 26.3 Å². The van der Waals surface area contributed by atoms with Gasteiger partial charge in [0.15, 0.2) is 5.78 Å². The van der Waals surface area contributed by atoms with Crippen LogP contribution in [-0.2, 0) is 0 Å². The lowest BCUT2D eigenvalue weighted by molar-refractivity contribution is 0.0973. The number of benzene rings is 2. The zero-order valence-electron chi connectivity index (χ0n) is 11.8. The number of hydrogen-bond donors (Lipinski definition) is 0. The predicted molar refractivity (Wildman–Crippen MR) is 83.7 cm³/mol. The minimum absolute atomic E-state index is 0.0109. The lowest BCUT2D eigenvalue weighted by atomic mass is 10.1. The first-order chi connectivity index (χ1) is 10.2. The summed E-state index contributed by atoms with van der Waals surface area (Å²) in [6, 6.07) is 13.5. The van der Waals surface area contributed by atoms with Crippen molar-refractivity contribution in [3.63, 3.8) is 0 Å². The van der Waals surface area contributed by atoms with Crippen molar-refractivity contribution in [2.75, 3.05) is 12.9 Å². The molecule has 0 aliphatic carbocycles. The molecule has 0 spiro atoms. The van der Waals surface area contributed by atoms with Crippen LogP contribution >= 0.6 is 11.8 Å². The average molecular weight is 304 g/mol. The molecular formula is C17H17FO2S. The first-order valence-electron chi connectivity index (χ1n) is 6.75. The highest BCUT2D eigenvalue weighted by molar-refractivity contribution is 7.98. The molecule has 0 saturated heterocycles. The van der Waals surface area contributed by atoms with Crippen molar-refractivity contribution in [1.82, 2.24) is 0 Å². The number of ketones is 1. The van der Waals surface area contributed by atoms with E-state index in [0.717, 1.165) is 10.6 Å². The minimum Gasteiger partial charge on any atom is -0.492 e. The number of Topliss-reactive ketones (excluding diaryl/α,β-unsaturated/α-hetero) is 1. The summed E-state index contributed by atoms with van der Waals surface area (Å²) in [5.74, 6) is 0.527. The van der Waals surface area contributed by atoms with E-state index in [0.29, 0.717) is 25.0 Å². The van der Waals surface area contributed by atoms with Gasteiger partial charge >= 0.3 is 0 Å². The van der Waals surface area contributed by atoms with Gasteiger partial charge in [0.05, 0.1) is 6.61 Å². The predicted octanol–water partition coefficient (Wildman–Crippen LogP) is 4.59. The number of thioether (sulfide) groups is 1. The lowest BCUT2D eigenvalue weighted by Crippen LogP contribution is -2.04. The quantitative estimate of drug-likeness (QED) is 0.425. The molecule has 2 nitrogen and oxygen atoms in total. The summed E-state index contributed by atoms with van der Waals surface area (Å²) in [4.78, 5) is 13.0. The Morgan fingerprint density at radius 1 is 1.14 bits per heavy atom. The molecule has 110 valence electrons. The van der Waals surface area contributed by atoms with Gasteiger partial charge in [-0.3, -0.25) is 4.79 Å². The van der Waals surface area contributed by atoms with Gasteiger partial charge in [0.2, 0.25) is 0 Å². The van der Waals surface area contributed by atoms with Crippen LogP contribution in [0.3, 0.4) is 0 Å². The number of rotatable bonds is 7. The van der Waals surface area contributed by atoms with Crippen LogP contribution in [0.2, 0.25) is 0 Å². The summed E-state index contributed by atoms with van der Waals surface area (Å²) in [6.07, 6.45) is 3.03. The Labute approximate surface area is 128 Å². The smallest absolute Gasteiger partial charge is 0.163 e. The highest BCUT2D eigenvalue weighted by Gasteiger charge is 2.06. The average Bonchev–Trinajstić information content (AvgIpc) is 2.52. The second kappa shape index (κ2) is 7.84. The second-order valence-electron chi connectivity index (χ2n) is 4.53. The van der Waals surface area contributed by atoms with Gasteiger partial charge in [-0.1, -0.05) is 12.1 Å². The molecule has 4 heteroatoms. The van der Waals surface area contributed by atoms with Gasteiger partial charge in [0, 0.05) is 16.9 Å². The zero-order chi connectivity index (χ0) is 15.1. The van der Waals surface area contributed by atoms with Crippen LogP contribution in [0.25, 0.3) is 0 Å². The molecule has 0 aliphatic heterocycles. The third-order valence-corrected chi connectivity index (χ3v) is 3.82. The monoisotopic (exact) mass is 304 g/mol. The molecule has 0 atom stereocenters. The van der Waals surface area contributed by atoms with Crippen LogP contribution in [0.1, 0.15) is 23.2 Å². The third kappa shape index (κ3) is 4.60. The van der Waals surface area contributed by atoms with Crippen molar-refractivity contribution in [2.45, 2.75) is 17.7 Å². The standard InChI is InChI=1S/C17H17FO2S/c1-21-17-7-3-2-6-16(17)20-12-4-5-15(19)13-8-10-14(18)11-9-13/h2-3,6-11H,4-5,12H2,1H3. The molecule has 0 amide bonds. The van der Waals surface area contributed by atoms with Crippen LogP contribution in [0.4, 0.5) is 4.39 Å². The number of ether oxygens (including phenoxy) is 1. The van der Waals surface area contributed by atoms with E-state index in [2.05, 4.69) is 0 Å². The third-order valence-electron chi connectivity index (χ3n) is 3.04. The van der Waals surface area contributed by atoms with Crippen molar-refractivity contribution in [3.05, 3.63) is 59.9 Å². The van der Waals surface area contributed by atoms with Gasteiger partial charge in [-0.15, -0.1) is 11.8 Å². The molecule has 0 bridgehead atoms. The van der Waals surface area contributed by atoms with Gasteiger partial charge in [0.1, 0.15) is 11.6 Å². The maximum Gasteiger partial charge on any atom is 0.163 e. The maximum absolute atomic E-state index is 12.8. The molecule has 21 heavy (non-hydrogen) atoms. The highest BCUT2D eigenvalue weighted by atomic mass is 32.2. The van der Waals surface area contributed by atoms with Crippen molar-refractivity contribution in [3.8, 4) is 5.75 Å². The van der Waals surface area contributed by atoms with E-state index in [9.17, 15) is 9.18 Å². The molecule has 0 N–H and O–H groups in total. The Balaban J connectivity index is 1.79. The summed E-state index contributed by atoms with van der Waals surface area (Å²) < 4.78 is 18.5. The van der Waals surface area contributed by atoms with Crippen LogP contribution in [-0.4, -0.2) is 18.6 Å². The van der Waals surface area contributed by atoms with Gasteiger partial charge in [-0.2, -0.15) is 0 Å². The molecule has 2 aromatic carbocycles. The van der Waals surface area contributed by atoms with Crippen LogP contribution in [0, 0.1) is 5.82 Å². The molecule has 0 aromatic heterocycles. The van der Waals surface area contributed by atoms with Gasteiger partial charge < -0.3 is 4.74 Å². The van der Waals surface area contributed by atoms with Gasteiger partial charge in [-0.25, -0.2) is 4.39 Å². The molecule has 0 heterocycles. The molecule has 0 aliphatic rings. The van der Waals surface area contributed by atoms with E-state index in [4.69, 9.17) is 4.74 Å².